The minimum absolute atomic E-state index is 0.213. The average molecular weight is 315 g/mol. The molecular formula is C12H15BrN2O3. The van der Waals surface area contributed by atoms with Crippen LogP contribution >= 0.6 is 15.9 Å². The minimum atomic E-state index is -0.920. The molecule has 1 fully saturated rings. The summed E-state index contributed by atoms with van der Waals surface area (Å²) in [5.41, 5.74) is 0.509. The number of rotatable bonds is 2. The van der Waals surface area contributed by atoms with Crippen LogP contribution in [0.1, 0.15) is 29.8 Å². The van der Waals surface area contributed by atoms with Crippen molar-refractivity contribution < 1.29 is 14.7 Å². The van der Waals surface area contributed by atoms with Crippen LogP contribution in [0.4, 0.5) is 0 Å². The number of carboxylic acids is 1. The lowest BCUT2D eigenvalue weighted by Crippen LogP contribution is -2.48. The number of amides is 1. The van der Waals surface area contributed by atoms with E-state index in [1.165, 1.54) is 4.90 Å². The maximum absolute atomic E-state index is 12.4. The maximum Gasteiger partial charge on any atom is 0.326 e. The van der Waals surface area contributed by atoms with Gasteiger partial charge in [-0.15, -0.1) is 0 Å². The Morgan fingerprint density at radius 2 is 2.17 bits per heavy atom. The van der Waals surface area contributed by atoms with Crippen molar-refractivity contribution in [2.45, 2.75) is 25.3 Å². The number of halogens is 1. The summed E-state index contributed by atoms with van der Waals surface area (Å²) in [6.45, 7) is 0.512. The summed E-state index contributed by atoms with van der Waals surface area (Å²) in [6.07, 6.45) is 4.04. The van der Waals surface area contributed by atoms with Crippen molar-refractivity contribution in [3.8, 4) is 0 Å². The molecule has 98 valence electrons. The summed E-state index contributed by atoms with van der Waals surface area (Å²) in [5, 5.41) is 9.17. The van der Waals surface area contributed by atoms with Gasteiger partial charge in [0.1, 0.15) is 11.7 Å². The zero-order valence-electron chi connectivity index (χ0n) is 10.1. The number of aryl methyl sites for hydroxylation is 1. The zero-order chi connectivity index (χ0) is 13.3. The highest BCUT2D eigenvalue weighted by Crippen LogP contribution is 2.22. The standard InChI is InChI=1S/C12H15BrN2O3/c1-14-7-8(13)6-10(14)11(16)15-5-3-2-4-9(15)12(17)18/h6-7,9H,2-5H2,1H3,(H,17,18). The van der Waals surface area contributed by atoms with Gasteiger partial charge in [-0.2, -0.15) is 0 Å². The molecule has 0 aromatic carbocycles. The highest BCUT2D eigenvalue weighted by atomic mass is 79.9. The summed E-state index contributed by atoms with van der Waals surface area (Å²) in [7, 11) is 1.78. The number of likely N-dealkylation sites (tertiary alicyclic amines) is 1. The van der Waals surface area contributed by atoms with E-state index in [-0.39, 0.29) is 5.91 Å². The van der Waals surface area contributed by atoms with Crippen LogP contribution in [0.5, 0.6) is 0 Å². The van der Waals surface area contributed by atoms with Crippen molar-refractivity contribution >= 4 is 27.8 Å². The first-order chi connectivity index (χ1) is 8.50. The number of carboxylic acid groups (broad SMARTS) is 1. The fourth-order valence-corrected chi connectivity index (χ4v) is 2.84. The van der Waals surface area contributed by atoms with E-state index < -0.39 is 12.0 Å². The quantitative estimate of drug-likeness (QED) is 0.906. The number of nitrogens with zero attached hydrogens (tertiary/aromatic N) is 2. The van der Waals surface area contributed by atoms with Crippen LogP contribution in [-0.4, -0.2) is 39.0 Å². The van der Waals surface area contributed by atoms with Gasteiger partial charge in [0.25, 0.3) is 5.91 Å². The molecule has 0 radical (unpaired) electrons. The number of aliphatic carboxylic acids is 1. The van der Waals surface area contributed by atoms with Crippen molar-refractivity contribution in [1.82, 2.24) is 9.47 Å². The predicted molar refractivity (Wildman–Crippen MR) is 69.4 cm³/mol. The summed E-state index contributed by atoms with van der Waals surface area (Å²) in [6, 6.07) is 1.02. The summed E-state index contributed by atoms with van der Waals surface area (Å²) in [5.74, 6) is -1.13. The zero-order valence-corrected chi connectivity index (χ0v) is 11.7. The third-order valence-electron chi connectivity index (χ3n) is 3.24. The fourth-order valence-electron chi connectivity index (χ4n) is 2.32. The first-order valence-electron chi connectivity index (χ1n) is 5.86. The molecule has 0 aliphatic carbocycles. The summed E-state index contributed by atoms with van der Waals surface area (Å²) >= 11 is 3.31. The summed E-state index contributed by atoms with van der Waals surface area (Å²) < 4.78 is 2.53. The van der Waals surface area contributed by atoms with E-state index in [2.05, 4.69) is 15.9 Å². The molecule has 1 amide bonds. The van der Waals surface area contributed by atoms with Crippen LogP contribution in [0.15, 0.2) is 16.7 Å². The molecule has 1 N–H and O–H groups in total. The first kappa shape index (κ1) is 13.1. The Balaban J connectivity index is 2.26. The third-order valence-corrected chi connectivity index (χ3v) is 3.67. The largest absolute Gasteiger partial charge is 0.480 e. The normalized spacial score (nSPS) is 19.9. The van der Waals surface area contributed by atoms with E-state index in [1.807, 2.05) is 0 Å². The number of carbonyl (C=O) groups excluding carboxylic acids is 1. The molecule has 1 aromatic rings. The maximum atomic E-state index is 12.4. The van der Waals surface area contributed by atoms with Gasteiger partial charge in [-0.05, 0) is 41.3 Å². The number of piperidine rings is 1. The molecule has 6 heteroatoms. The fraction of sp³-hybridized carbons (Fsp3) is 0.500. The van der Waals surface area contributed by atoms with E-state index in [0.717, 1.165) is 17.3 Å². The molecule has 1 aliphatic rings. The summed E-state index contributed by atoms with van der Waals surface area (Å²) in [4.78, 5) is 25.0. The van der Waals surface area contributed by atoms with Crippen LogP contribution in [0, 0.1) is 0 Å². The minimum Gasteiger partial charge on any atom is -0.480 e. The van der Waals surface area contributed by atoms with Gasteiger partial charge < -0.3 is 14.6 Å². The Hall–Kier alpha value is -1.30. The monoisotopic (exact) mass is 314 g/mol. The van der Waals surface area contributed by atoms with Gasteiger partial charge in [0.2, 0.25) is 0 Å². The van der Waals surface area contributed by atoms with Crippen molar-refractivity contribution in [3.05, 3.63) is 22.4 Å². The lowest BCUT2D eigenvalue weighted by molar-refractivity contribution is -0.143. The average Bonchev–Trinajstić information content (AvgIpc) is 2.67. The Morgan fingerprint density at radius 3 is 2.72 bits per heavy atom. The Morgan fingerprint density at radius 1 is 1.44 bits per heavy atom. The van der Waals surface area contributed by atoms with Crippen molar-refractivity contribution in [3.63, 3.8) is 0 Å². The highest BCUT2D eigenvalue weighted by Gasteiger charge is 2.33. The number of hydrogen-bond acceptors (Lipinski definition) is 2. The molecule has 2 heterocycles. The van der Waals surface area contributed by atoms with Crippen LogP contribution < -0.4 is 0 Å². The predicted octanol–water partition coefficient (Wildman–Crippen LogP) is 1.87. The number of carbonyl (C=O) groups is 2. The molecular weight excluding hydrogens is 300 g/mol. The SMILES string of the molecule is Cn1cc(Br)cc1C(=O)N1CCCCC1C(=O)O. The smallest absolute Gasteiger partial charge is 0.326 e. The number of aromatic nitrogens is 1. The van der Waals surface area contributed by atoms with Crippen LogP contribution in [0.2, 0.25) is 0 Å². The molecule has 0 spiro atoms. The van der Waals surface area contributed by atoms with Gasteiger partial charge in [0.05, 0.1) is 0 Å². The number of hydrogen-bond donors (Lipinski definition) is 1. The van der Waals surface area contributed by atoms with Crippen molar-refractivity contribution in [2.75, 3.05) is 6.54 Å². The van der Waals surface area contributed by atoms with Gasteiger partial charge in [-0.3, -0.25) is 4.79 Å². The van der Waals surface area contributed by atoms with Gasteiger partial charge in [-0.25, -0.2) is 4.79 Å². The van der Waals surface area contributed by atoms with Gasteiger partial charge in [-0.1, -0.05) is 0 Å². The Labute approximate surface area is 114 Å². The second-order valence-electron chi connectivity index (χ2n) is 4.50. The second kappa shape index (κ2) is 5.14. The third kappa shape index (κ3) is 2.43. The van der Waals surface area contributed by atoms with Gasteiger partial charge in [0, 0.05) is 24.3 Å². The lowest BCUT2D eigenvalue weighted by atomic mass is 10.0. The topological polar surface area (TPSA) is 62.5 Å². The van der Waals surface area contributed by atoms with E-state index in [9.17, 15) is 9.59 Å². The second-order valence-corrected chi connectivity index (χ2v) is 5.42. The molecule has 1 aliphatic heterocycles. The lowest BCUT2D eigenvalue weighted by Gasteiger charge is -2.32. The molecule has 2 rings (SSSR count). The molecule has 1 aromatic heterocycles. The van der Waals surface area contributed by atoms with E-state index in [0.29, 0.717) is 18.7 Å². The van der Waals surface area contributed by atoms with Crippen LogP contribution in [0.25, 0.3) is 0 Å². The van der Waals surface area contributed by atoms with E-state index in [4.69, 9.17) is 5.11 Å². The van der Waals surface area contributed by atoms with Gasteiger partial charge in [0.15, 0.2) is 0 Å². The molecule has 0 saturated carbocycles. The molecule has 1 unspecified atom stereocenters. The first-order valence-corrected chi connectivity index (χ1v) is 6.65. The van der Waals surface area contributed by atoms with Gasteiger partial charge >= 0.3 is 5.97 Å². The molecule has 1 atom stereocenters. The Kier molecular flexibility index (Phi) is 3.75. The van der Waals surface area contributed by atoms with E-state index in [1.54, 1.807) is 23.9 Å². The molecule has 5 nitrogen and oxygen atoms in total. The van der Waals surface area contributed by atoms with Crippen LogP contribution in [-0.2, 0) is 11.8 Å². The molecule has 18 heavy (non-hydrogen) atoms. The molecule has 1 saturated heterocycles. The van der Waals surface area contributed by atoms with Crippen LogP contribution in [0.3, 0.4) is 0 Å². The van der Waals surface area contributed by atoms with Crippen molar-refractivity contribution in [2.24, 2.45) is 7.05 Å². The van der Waals surface area contributed by atoms with Crippen molar-refractivity contribution in [1.29, 1.82) is 0 Å². The molecule has 0 bridgehead atoms. The van der Waals surface area contributed by atoms with E-state index >= 15 is 0 Å². The highest BCUT2D eigenvalue weighted by molar-refractivity contribution is 9.10. The Bertz CT molecular complexity index is 484.